The van der Waals surface area contributed by atoms with E-state index in [1.807, 2.05) is 0 Å². The fraction of sp³-hybridized carbons (Fsp3) is 0.680. The van der Waals surface area contributed by atoms with Crippen molar-refractivity contribution in [1.29, 1.82) is 0 Å². The number of hydrogen-bond donors (Lipinski definition) is 0. The van der Waals surface area contributed by atoms with Crippen molar-refractivity contribution >= 4 is 0 Å². The molecule has 1 aromatic carbocycles. The van der Waals surface area contributed by atoms with Gasteiger partial charge in [-0.2, -0.15) is 13.2 Å². The topological polar surface area (TPSA) is 18.5 Å². The van der Waals surface area contributed by atoms with E-state index in [2.05, 4.69) is 19.1 Å². The summed E-state index contributed by atoms with van der Waals surface area (Å²) < 4.78 is 66.0. The molecule has 1 saturated carbocycles. The van der Waals surface area contributed by atoms with Crippen LogP contribution in [0.15, 0.2) is 24.3 Å². The van der Waals surface area contributed by atoms with Crippen LogP contribution in [-0.4, -0.2) is 19.3 Å². The molecule has 1 aromatic rings. The van der Waals surface area contributed by atoms with Gasteiger partial charge in [-0.05, 0) is 68.9 Å². The number of rotatable bonds is 7. The Morgan fingerprint density at radius 1 is 1.03 bits per heavy atom. The Morgan fingerprint density at radius 2 is 1.77 bits per heavy atom. The zero-order valence-corrected chi connectivity index (χ0v) is 18.5. The Bertz CT molecular complexity index is 728. The third kappa shape index (κ3) is 6.24. The van der Waals surface area contributed by atoms with Crippen molar-refractivity contribution in [2.24, 2.45) is 11.8 Å². The van der Waals surface area contributed by atoms with E-state index < -0.39 is 23.3 Å². The highest BCUT2D eigenvalue weighted by Gasteiger charge is 2.40. The van der Waals surface area contributed by atoms with Gasteiger partial charge in [-0.15, -0.1) is 0 Å². The smallest absolute Gasteiger partial charge is 0.422 e. The van der Waals surface area contributed by atoms with E-state index in [4.69, 9.17) is 9.47 Å². The minimum absolute atomic E-state index is 0.0440. The van der Waals surface area contributed by atoms with Crippen molar-refractivity contribution < 1.29 is 27.0 Å². The van der Waals surface area contributed by atoms with Crippen molar-refractivity contribution in [1.82, 2.24) is 0 Å². The minimum atomic E-state index is -4.80. The third-order valence-electron chi connectivity index (χ3n) is 6.65. The van der Waals surface area contributed by atoms with Crippen LogP contribution in [0.2, 0.25) is 0 Å². The summed E-state index contributed by atoms with van der Waals surface area (Å²) in [7, 11) is 0. The van der Waals surface area contributed by atoms with Gasteiger partial charge >= 0.3 is 6.18 Å². The second-order valence-electron chi connectivity index (χ2n) is 8.87. The van der Waals surface area contributed by atoms with Crippen LogP contribution in [0.25, 0.3) is 0 Å². The van der Waals surface area contributed by atoms with Gasteiger partial charge in [-0.1, -0.05) is 38.0 Å². The molecule has 0 radical (unpaired) electrons. The summed E-state index contributed by atoms with van der Waals surface area (Å²) in [6.07, 6.45) is 8.37. The standard InChI is InChI=1S/C25H34F4O2/c1-3-5-17-6-8-18(9-7-17)10-12-20-13-11-19(16-31-20)21-14-15-22(30-4-2)23(24(21)26)25(27,28)29/h10,12,14-15,17-20H,3-9,11,13,16H2,1-2H3/b12-10+. The quantitative estimate of drug-likeness (QED) is 0.319. The molecular formula is C25H34F4O2. The fourth-order valence-corrected chi connectivity index (χ4v) is 4.96. The molecule has 2 atom stereocenters. The lowest BCUT2D eigenvalue weighted by Gasteiger charge is -2.30. The number of hydrogen-bond acceptors (Lipinski definition) is 2. The molecule has 174 valence electrons. The van der Waals surface area contributed by atoms with E-state index in [-0.39, 0.29) is 30.8 Å². The molecule has 2 aliphatic rings. The SMILES string of the molecule is CCCC1CCC(/C=C/C2CCC(c3ccc(OCC)c(C(F)(F)F)c3F)CO2)CC1. The molecule has 1 aliphatic carbocycles. The molecule has 0 amide bonds. The van der Waals surface area contributed by atoms with Gasteiger partial charge in [0.15, 0.2) is 0 Å². The Morgan fingerprint density at radius 3 is 2.35 bits per heavy atom. The van der Waals surface area contributed by atoms with E-state index >= 15 is 0 Å². The number of alkyl halides is 3. The summed E-state index contributed by atoms with van der Waals surface area (Å²) in [5.74, 6) is -0.613. The fourth-order valence-electron chi connectivity index (χ4n) is 4.96. The number of benzene rings is 1. The van der Waals surface area contributed by atoms with Crippen molar-refractivity contribution in [3.05, 3.63) is 41.2 Å². The number of allylic oxidation sites excluding steroid dienone is 1. The molecule has 1 aliphatic heterocycles. The lowest BCUT2D eigenvalue weighted by Crippen LogP contribution is -2.25. The lowest BCUT2D eigenvalue weighted by atomic mass is 9.80. The predicted molar refractivity (Wildman–Crippen MR) is 114 cm³/mol. The summed E-state index contributed by atoms with van der Waals surface area (Å²) in [4.78, 5) is 0. The van der Waals surface area contributed by atoms with Crippen molar-refractivity contribution in [2.75, 3.05) is 13.2 Å². The average Bonchev–Trinajstić information content (AvgIpc) is 2.73. The van der Waals surface area contributed by atoms with Crippen LogP contribution in [0, 0.1) is 17.7 Å². The van der Waals surface area contributed by atoms with Crippen molar-refractivity contribution in [3.63, 3.8) is 0 Å². The molecule has 1 heterocycles. The largest absolute Gasteiger partial charge is 0.493 e. The Hall–Kier alpha value is -1.56. The molecular weight excluding hydrogens is 408 g/mol. The summed E-state index contributed by atoms with van der Waals surface area (Å²) in [5, 5.41) is 0. The molecule has 0 N–H and O–H groups in total. The lowest BCUT2D eigenvalue weighted by molar-refractivity contribution is -0.141. The summed E-state index contributed by atoms with van der Waals surface area (Å²) >= 11 is 0. The molecule has 6 heteroatoms. The van der Waals surface area contributed by atoms with E-state index in [0.29, 0.717) is 18.8 Å². The first-order valence-corrected chi connectivity index (χ1v) is 11.7. The molecule has 0 spiro atoms. The van der Waals surface area contributed by atoms with Gasteiger partial charge in [0.1, 0.15) is 17.1 Å². The van der Waals surface area contributed by atoms with Gasteiger partial charge in [0, 0.05) is 5.92 Å². The summed E-state index contributed by atoms with van der Waals surface area (Å²) in [6, 6.07) is 2.64. The van der Waals surface area contributed by atoms with Crippen LogP contribution in [0.1, 0.15) is 82.3 Å². The summed E-state index contributed by atoms with van der Waals surface area (Å²) in [6.45, 7) is 4.08. The van der Waals surface area contributed by atoms with Crippen LogP contribution < -0.4 is 4.74 Å². The molecule has 2 unspecified atom stereocenters. The van der Waals surface area contributed by atoms with Crippen LogP contribution in [-0.2, 0) is 10.9 Å². The van der Waals surface area contributed by atoms with E-state index in [9.17, 15) is 17.6 Å². The number of ether oxygens (including phenoxy) is 2. The van der Waals surface area contributed by atoms with Crippen molar-refractivity contribution in [3.8, 4) is 5.75 Å². The van der Waals surface area contributed by atoms with Gasteiger partial charge < -0.3 is 9.47 Å². The second-order valence-corrected chi connectivity index (χ2v) is 8.87. The van der Waals surface area contributed by atoms with Crippen LogP contribution >= 0.6 is 0 Å². The van der Waals surface area contributed by atoms with Crippen LogP contribution in [0.5, 0.6) is 5.75 Å². The second kappa shape index (κ2) is 10.8. The van der Waals surface area contributed by atoms with Crippen molar-refractivity contribution in [2.45, 2.75) is 83.4 Å². The molecule has 2 nitrogen and oxygen atoms in total. The van der Waals surface area contributed by atoms with Gasteiger partial charge in [-0.25, -0.2) is 4.39 Å². The highest BCUT2D eigenvalue weighted by atomic mass is 19.4. The monoisotopic (exact) mass is 442 g/mol. The maximum Gasteiger partial charge on any atom is 0.422 e. The molecule has 0 bridgehead atoms. The molecule has 2 fully saturated rings. The number of halogens is 4. The van der Waals surface area contributed by atoms with Gasteiger partial charge in [0.05, 0.1) is 19.3 Å². The van der Waals surface area contributed by atoms with Crippen LogP contribution in [0.3, 0.4) is 0 Å². The third-order valence-corrected chi connectivity index (χ3v) is 6.65. The van der Waals surface area contributed by atoms with Gasteiger partial charge in [0.2, 0.25) is 0 Å². The molecule has 0 aromatic heterocycles. The highest BCUT2D eigenvalue weighted by Crippen LogP contribution is 2.42. The Labute approximate surface area is 183 Å². The predicted octanol–water partition coefficient (Wildman–Crippen LogP) is 7.67. The molecule has 1 saturated heterocycles. The highest BCUT2D eigenvalue weighted by molar-refractivity contribution is 5.42. The Balaban J connectivity index is 1.58. The van der Waals surface area contributed by atoms with E-state index in [0.717, 1.165) is 5.92 Å². The molecule has 31 heavy (non-hydrogen) atoms. The minimum Gasteiger partial charge on any atom is -0.493 e. The van der Waals surface area contributed by atoms with Crippen LogP contribution in [0.4, 0.5) is 17.6 Å². The molecule has 3 rings (SSSR count). The first-order chi connectivity index (χ1) is 14.8. The maximum atomic E-state index is 14.8. The van der Waals surface area contributed by atoms with E-state index in [1.165, 1.54) is 50.7 Å². The van der Waals surface area contributed by atoms with Gasteiger partial charge in [-0.3, -0.25) is 0 Å². The average molecular weight is 443 g/mol. The zero-order chi connectivity index (χ0) is 22.4. The first-order valence-electron chi connectivity index (χ1n) is 11.7. The van der Waals surface area contributed by atoms with Gasteiger partial charge in [0.25, 0.3) is 0 Å². The normalized spacial score (nSPS) is 27.5. The first kappa shape index (κ1) is 24.1. The maximum absolute atomic E-state index is 14.8. The summed E-state index contributed by atoms with van der Waals surface area (Å²) in [5.41, 5.74) is -1.25. The zero-order valence-electron chi connectivity index (χ0n) is 18.5. The van der Waals surface area contributed by atoms with E-state index in [1.54, 1.807) is 6.92 Å². The Kier molecular flexibility index (Phi) is 8.43.